The summed E-state index contributed by atoms with van der Waals surface area (Å²) in [5, 5.41) is 3.39. The minimum atomic E-state index is -0.502. The number of aromatic nitrogens is 2. The Hall–Kier alpha value is -3.76. The first kappa shape index (κ1) is 25.5. The number of benzene rings is 2. The maximum atomic E-state index is 14.2. The van der Waals surface area contributed by atoms with E-state index in [9.17, 15) is 9.18 Å². The zero-order valence-corrected chi connectivity index (χ0v) is 21.9. The monoisotopic (exact) mass is 533 g/mol. The Morgan fingerprint density at radius 2 is 1.97 bits per heavy atom. The molecule has 9 nitrogen and oxygen atoms in total. The van der Waals surface area contributed by atoms with Gasteiger partial charge >= 0.3 is 0 Å². The van der Waals surface area contributed by atoms with Crippen LogP contribution in [0.15, 0.2) is 48.9 Å². The standard InChI is InChI=1S/C29H32FN5O4/c1-19-17-37-12-11-35(19)29(36)23-13-21(30)5-6-26(23)39-27-16-32-18-33-28(27)34-9-7-22(8-10-34)38-25-4-2-3-20-14-31-15-24(20)25/h2-6,13,16,18-19,22,31H,7-12,14-15,17H2,1H3/t19-/m1/s1. The van der Waals surface area contributed by atoms with Crippen LogP contribution in [0.2, 0.25) is 0 Å². The Kier molecular flexibility index (Phi) is 7.30. The Morgan fingerprint density at radius 1 is 1.10 bits per heavy atom. The maximum absolute atomic E-state index is 14.2. The largest absolute Gasteiger partial charge is 0.490 e. The Labute approximate surface area is 226 Å². The van der Waals surface area contributed by atoms with Crippen LogP contribution in [0.5, 0.6) is 17.2 Å². The summed E-state index contributed by atoms with van der Waals surface area (Å²) in [6.07, 6.45) is 4.83. The van der Waals surface area contributed by atoms with Crippen LogP contribution in [-0.4, -0.2) is 65.8 Å². The third kappa shape index (κ3) is 5.39. The predicted molar refractivity (Wildman–Crippen MR) is 143 cm³/mol. The summed E-state index contributed by atoms with van der Waals surface area (Å²) >= 11 is 0. The van der Waals surface area contributed by atoms with Gasteiger partial charge in [-0.1, -0.05) is 12.1 Å². The second-order valence-electron chi connectivity index (χ2n) is 10.2. The van der Waals surface area contributed by atoms with Crippen LogP contribution >= 0.6 is 0 Å². The number of nitrogens with one attached hydrogen (secondary N) is 1. The van der Waals surface area contributed by atoms with E-state index in [1.807, 2.05) is 13.0 Å². The molecule has 2 aromatic carbocycles. The van der Waals surface area contributed by atoms with Gasteiger partial charge in [0.25, 0.3) is 5.91 Å². The molecule has 4 heterocycles. The molecule has 39 heavy (non-hydrogen) atoms. The highest BCUT2D eigenvalue weighted by molar-refractivity contribution is 5.97. The number of hydrogen-bond acceptors (Lipinski definition) is 8. The smallest absolute Gasteiger partial charge is 0.258 e. The van der Waals surface area contributed by atoms with Crippen LogP contribution in [0.3, 0.4) is 0 Å². The molecule has 0 saturated carbocycles. The van der Waals surface area contributed by atoms with Crippen molar-refractivity contribution in [3.63, 3.8) is 0 Å². The van der Waals surface area contributed by atoms with Crippen LogP contribution in [0, 0.1) is 5.82 Å². The Bertz CT molecular complexity index is 1350. The number of amides is 1. The molecule has 2 saturated heterocycles. The fourth-order valence-electron chi connectivity index (χ4n) is 5.46. The highest BCUT2D eigenvalue weighted by atomic mass is 19.1. The Morgan fingerprint density at radius 3 is 2.82 bits per heavy atom. The van der Waals surface area contributed by atoms with E-state index < -0.39 is 5.82 Å². The molecule has 0 aliphatic carbocycles. The quantitative estimate of drug-likeness (QED) is 0.510. The van der Waals surface area contributed by atoms with Crippen molar-refractivity contribution in [1.82, 2.24) is 20.2 Å². The molecule has 3 aromatic rings. The molecule has 0 unspecified atom stereocenters. The van der Waals surface area contributed by atoms with Gasteiger partial charge in [-0.05, 0) is 36.8 Å². The lowest BCUT2D eigenvalue weighted by Gasteiger charge is -2.34. The van der Waals surface area contributed by atoms with Crippen molar-refractivity contribution in [1.29, 1.82) is 0 Å². The molecule has 6 rings (SSSR count). The van der Waals surface area contributed by atoms with Crippen molar-refractivity contribution in [2.24, 2.45) is 0 Å². The first-order valence-corrected chi connectivity index (χ1v) is 13.5. The lowest BCUT2D eigenvalue weighted by Crippen LogP contribution is -2.47. The van der Waals surface area contributed by atoms with Gasteiger partial charge in [-0.15, -0.1) is 0 Å². The normalized spacial score (nSPS) is 19.6. The second-order valence-corrected chi connectivity index (χ2v) is 10.2. The van der Waals surface area contributed by atoms with Crippen molar-refractivity contribution < 1.29 is 23.4 Å². The third-order valence-electron chi connectivity index (χ3n) is 7.56. The minimum Gasteiger partial charge on any atom is -0.490 e. The SMILES string of the molecule is C[C@@H]1COCCN1C(=O)c1cc(F)ccc1Oc1cncnc1N1CCC(Oc2cccc3c2CNC3)CC1. The zero-order chi connectivity index (χ0) is 26.8. The number of carbonyl (C=O) groups excluding carboxylic acids is 1. The van der Waals surface area contributed by atoms with Crippen LogP contribution < -0.4 is 19.7 Å². The van der Waals surface area contributed by atoms with Crippen LogP contribution in [0.25, 0.3) is 0 Å². The van der Waals surface area contributed by atoms with Gasteiger partial charge in [0.2, 0.25) is 0 Å². The van der Waals surface area contributed by atoms with Crippen molar-refractivity contribution in [3.05, 3.63) is 71.4 Å². The van der Waals surface area contributed by atoms with E-state index in [-0.39, 0.29) is 29.4 Å². The number of rotatable bonds is 6. The number of nitrogens with zero attached hydrogens (tertiary/aromatic N) is 4. The van der Waals surface area contributed by atoms with Crippen molar-refractivity contribution in [2.45, 2.75) is 45.0 Å². The number of fused-ring (bicyclic) bond motifs is 1. The molecular formula is C29H32FN5O4. The topological polar surface area (TPSA) is 89.0 Å². The molecule has 204 valence electrons. The molecule has 10 heteroatoms. The number of hydrogen-bond donors (Lipinski definition) is 1. The average Bonchev–Trinajstić information content (AvgIpc) is 3.45. The van der Waals surface area contributed by atoms with Gasteiger partial charge < -0.3 is 29.3 Å². The van der Waals surface area contributed by atoms with Gasteiger partial charge in [0.15, 0.2) is 11.6 Å². The number of ether oxygens (including phenoxy) is 3. The van der Waals surface area contributed by atoms with E-state index in [0.29, 0.717) is 31.3 Å². The van der Waals surface area contributed by atoms with Gasteiger partial charge in [0, 0.05) is 51.1 Å². The molecule has 2 fully saturated rings. The highest BCUT2D eigenvalue weighted by Crippen LogP contribution is 2.35. The van der Waals surface area contributed by atoms with E-state index >= 15 is 0 Å². The van der Waals surface area contributed by atoms with Crippen molar-refractivity contribution >= 4 is 11.7 Å². The third-order valence-corrected chi connectivity index (χ3v) is 7.56. The van der Waals surface area contributed by atoms with Crippen molar-refractivity contribution in [2.75, 3.05) is 37.7 Å². The van der Waals surface area contributed by atoms with E-state index in [2.05, 4.69) is 32.3 Å². The summed E-state index contributed by atoms with van der Waals surface area (Å²) in [4.78, 5) is 25.9. The summed E-state index contributed by atoms with van der Waals surface area (Å²) in [6.45, 7) is 6.42. The van der Waals surface area contributed by atoms with Crippen LogP contribution in [0.1, 0.15) is 41.3 Å². The molecular weight excluding hydrogens is 501 g/mol. The average molecular weight is 534 g/mol. The van der Waals surface area contributed by atoms with E-state index in [0.717, 1.165) is 44.8 Å². The molecule has 0 spiro atoms. The van der Waals surface area contributed by atoms with E-state index in [1.54, 1.807) is 11.1 Å². The summed E-state index contributed by atoms with van der Waals surface area (Å²) in [7, 11) is 0. The van der Waals surface area contributed by atoms with E-state index in [1.165, 1.54) is 35.7 Å². The molecule has 1 N–H and O–H groups in total. The first-order valence-electron chi connectivity index (χ1n) is 13.5. The van der Waals surface area contributed by atoms with Crippen LogP contribution in [0.4, 0.5) is 10.2 Å². The first-order chi connectivity index (χ1) is 19.1. The molecule has 1 amide bonds. The molecule has 3 aliphatic heterocycles. The highest BCUT2D eigenvalue weighted by Gasteiger charge is 2.29. The van der Waals surface area contributed by atoms with Gasteiger partial charge in [0.05, 0.1) is 31.0 Å². The molecule has 0 radical (unpaired) electrons. The fraction of sp³-hybridized carbons (Fsp3) is 0.414. The van der Waals surface area contributed by atoms with Crippen molar-refractivity contribution in [3.8, 4) is 17.2 Å². The number of halogens is 1. The summed E-state index contributed by atoms with van der Waals surface area (Å²) in [6, 6.07) is 10.1. The number of morpholine rings is 1. The fourth-order valence-corrected chi connectivity index (χ4v) is 5.46. The molecule has 3 aliphatic rings. The second kappa shape index (κ2) is 11.2. The molecule has 1 aromatic heterocycles. The van der Waals surface area contributed by atoms with Gasteiger partial charge in [-0.3, -0.25) is 4.79 Å². The predicted octanol–water partition coefficient (Wildman–Crippen LogP) is 3.92. The molecule has 1 atom stereocenters. The van der Waals surface area contributed by atoms with Gasteiger partial charge in [0.1, 0.15) is 29.7 Å². The van der Waals surface area contributed by atoms with Gasteiger partial charge in [-0.25, -0.2) is 14.4 Å². The maximum Gasteiger partial charge on any atom is 0.258 e. The lowest BCUT2D eigenvalue weighted by atomic mass is 10.1. The van der Waals surface area contributed by atoms with E-state index in [4.69, 9.17) is 14.2 Å². The summed E-state index contributed by atoms with van der Waals surface area (Å²) in [5.41, 5.74) is 2.72. The summed E-state index contributed by atoms with van der Waals surface area (Å²) < 4.78 is 32.3. The number of anilines is 1. The molecule has 0 bridgehead atoms. The Balaban J connectivity index is 1.17. The van der Waals surface area contributed by atoms with Gasteiger partial charge in [-0.2, -0.15) is 0 Å². The number of carbonyl (C=O) groups is 1. The summed E-state index contributed by atoms with van der Waals surface area (Å²) in [5.74, 6) is 1.48. The van der Waals surface area contributed by atoms with Crippen LogP contribution in [-0.2, 0) is 17.8 Å². The zero-order valence-electron chi connectivity index (χ0n) is 21.9. The lowest BCUT2D eigenvalue weighted by molar-refractivity contribution is 0.00344. The number of piperidine rings is 1. The minimum absolute atomic E-state index is 0.108.